The van der Waals surface area contributed by atoms with Crippen molar-refractivity contribution in [2.24, 2.45) is 0 Å². The number of hydrogen-bond donors (Lipinski definition) is 0. The summed E-state index contributed by atoms with van der Waals surface area (Å²) in [5.74, 6) is 0.480. The third-order valence-corrected chi connectivity index (χ3v) is 7.79. The zero-order valence-corrected chi connectivity index (χ0v) is 15.8. The van der Waals surface area contributed by atoms with Crippen LogP contribution in [0.15, 0.2) is 23.1 Å². The molecule has 24 heavy (non-hydrogen) atoms. The van der Waals surface area contributed by atoms with Crippen molar-refractivity contribution >= 4 is 22.4 Å². The van der Waals surface area contributed by atoms with E-state index < -0.39 is 28.2 Å². The molecule has 1 aromatic carbocycles. The van der Waals surface area contributed by atoms with E-state index in [0.717, 1.165) is 19.3 Å². The molecule has 1 aromatic rings. The van der Waals surface area contributed by atoms with Crippen molar-refractivity contribution in [2.45, 2.75) is 68.3 Å². The highest BCUT2D eigenvalue weighted by Gasteiger charge is 2.52. The smallest absolute Gasteiger partial charge is 0.497 e. The summed E-state index contributed by atoms with van der Waals surface area (Å²) in [6.07, 6.45) is 2.46. The summed E-state index contributed by atoms with van der Waals surface area (Å²) < 4.78 is 42.7. The fraction of sp³-hybridized carbons (Fsp3) is 0.647. The largest absolute Gasteiger partial charge is 0.498 e. The van der Waals surface area contributed by atoms with Crippen molar-refractivity contribution < 1.29 is 22.5 Å². The SMILES string of the molecule is COc1cc(S(=O)(=O)C2CCC2)ccc1B1OC(C)(C)C(C)(C)O1. The summed E-state index contributed by atoms with van der Waals surface area (Å²) in [5, 5.41) is -0.259. The van der Waals surface area contributed by atoms with Gasteiger partial charge in [0, 0.05) is 5.46 Å². The van der Waals surface area contributed by atoms with Gasteiger partial charge < -0.3 is 14.0 Å². The van der Waals surface area contributed by atoms with Gasteiger partial charge in [0.2, 0.25) is 0 Å². The predicted molar refractivity (Wildman–Crippen MR) is 93.5 cm³/mol. The topological polar surface area (TPSA) is 61.8 Å². The maximum atomic E-state index is 12.6. The molecule has 3 rings (SSSR count). The van der Waals surface area contributed by atoms with E-state index >= 15 is 0 Å². The predicted octanol–water partition coefficient (Wildman–Crippen LogP) is 2.32. The summed E-state index contributed by atoms with van der Waals surface area (Å²) in [7, 11) is -2.33. The molecule has 0 amide bonds. The maximum absolute atomic E-state index is 12.6. The zero-order chi connectivity index (χ0) is 17.8. The molecular weight excluding hydrogens is 327 g/mol. The van der Waals surface area contributed by atoms with Gasteiger partial charge in [0.05, 0.1) is 28.5 Å². The molecule has 1 aliphatic heterocycles. The average Bonchev–Trinajstić information content (AvgIpc) is 2.64. The van der Waals surface area contributed by atoms with Crippen LogP contribution in [0.2, 0.25) is 0 Å². The van der Waals surface area contributed by atoms with E-state index in [0.29, 0.717) is 16.1 Å². The monoisotopic (exact) mass is 352 g/mol. The lowest BCUT2D eigenvalue weighted by molar-refractivity contribution is 0.00578. The fourth-order valence-electron chi connectivity index (χ4n) is 2.91. The number of methoxy groups -OCH3 is 1. The number of sulfone groups is 1. The molecule has 1 aliphatic carbocycles. The second kappa shape index (κ2) is 5.75. The van der Waals surface area contributed by atoms with E-state index in [-0.39, 0.29) is 5.25 Å². The summed E-state index contributed by atoms with van der Waals surface area (Å²) >= 11 is 0. The van der Waals surface area contributed by atoms with E-state index in [1.165, 1.54) is 7.11 Å². The Morgan fingerprint density at radius 2 is 1.71 bits per heavy atom. The highest BCUT2D eigenvalue weighted by molar-refractivity contribution is 7.92. The van der Waals surface area contributed by atoms with Crippen molar-refractivity contribution in [3.8, 4) is 5.75 Å². The van der Waals surface area contributed by atoms with Gasteiger partial charge in [-0.05, 0) is 52.7 Å². The Hall–Kier alpha value is -1.05. The third-order valence-electron chi connectivity index (χ3n) is 5.53. The lowest BCUT2D eigenvalue weighted by atomic mass is 9.78. The quantitative estimate of drug-likeness (QED) is 0.779. The Balaban J connectivity index is 1.94. The second-order valence-electron chi connectivity index (χ2n) is 7.59. The summed E-state index contributed by atoms with van der Waals surface area (Å²) in [6.45, 7) is 7.92. The molecule has 132 valence electrons. The molecule has 2 fully saturated rings. The first-order chi connectivity index (χ1) is 11.1. The third kappa shape index (κ3) is 2.76. The van der Waals surface area contributed by atoms with Gasteiger partial charge in [0.1, 0.15) is 5.75 Å². The molecule has 0 atom stereocenters. The molecule has 0 N–H and O–H groups in total. The van der Waals surface area contributed by atoms with E-state index in [2.05, 4.69) is 0 Å². The Labute approximate surface area is 144 Å². The molecular formula is C17H25BO5S. The van der Waals surface area contributed by atoms with Crippen LogP contribution in [0, 0.1) is 0 Å². The lowest BCUT2D eigenvalue weighted by Gasteiger charge is -2.32. The van der Waals surface area contributed by atoms with Crippen LogP contribution in [0.25, 0.3) is 0 Å². The molecule has 0 spiro atoms. The van der Waals surface area contributed by atoms with Crippen LogP contribution in [0.3, 0.4) is 0 Å². The first kappa shape index (κ1) is 17.8. The molecule has 1 heterocycles. The van der Waals surface area contributed by atoms with Gasteiger partial charge in [-0.3, -0.25) is 0 Å². The standard InChI is InChI=1S/C17H25BO5S/c1-16(2)17(3,4)23-18(22-16)14-10-9-13(11-15(14)21-5)24(19,20)12-7-6-8-12/h9-12H,6-8H2,1-5H3. The number of ether oxygens (including phenoxy) is 1. The number of hydrogen-bond acceptors (Lipinski definition) is 5. The second-order valence-corrected chi connectivity index (χ2v) is 9.82. The zero-order valence-electron chi connectivity index (χ0n) is 15.0. The summed E-state index contributed by atoms with van der Waals surface area (Å²) in [5.41, 5.74) is -0.206. The van der Waals surface area contributed by atoms with Crippen molar-refractivity contribution in [1.29, 1.82) is 0 Å². The highest BCUT2D eigenvalue weighted by atomic mass is 32.2. The van der Waals surface area contributed by atoms with Crippen LogP contribution in [0.5, 0.6) is 5.75 Å². The highest BCUT2D eigenvalue weighted by Crippen LogP contribution is 2.38. The summed E-state index contributed by atoms with van der Waals surface area (Å²) in [6, 6.07) is 4.97. The molecule has 7 heteroatoms. The normalized spacial score (nSPS) is 23.1. The molecule has 1 saturated carbocycles. The molecule has 0 unspecified atom stereocenters. The van der Waals surface area contributed by atoms with Gasteiger partial charge in [-0.15, -0.1) is 0 Å². The average molecular weight is 352 g/mol. The van der Waals surface area contributed by atoms with Crippen LogP contribution < -0.4 is 10.2 Å². The van der Waals surface area contributed by atoms with Gasteiger partial charge in [-0.2, -0.15) is 0 Å². The van der Waals surface area contributed by atoms with E-state index in [1.807, 2.05) is 27.7 Å². The van der Waals surface area contributed by atoms with Crippen molar-refractivity contribution in [1.82, 2.24) is 0 Å². The van der Waals surface area contributed by atoms with Gasteiger partial charge in [0.25, 0.3) is 0 Å². The van der Waals surface area contributed by atoms with Crippen LogP contribution in [0.4, 0.5) is 0 Å². The van der Waals surface area contributed by atoms with Crippen LogP contribution in [-0.4, -0.2) is 39.1 Å². The van der Waals surface area contributed by atoms with Gasteiger partial charge in [-0.25, -0.2) is 8.42 Å². The van der Waals surface area contributed by atoms with Crippen molar-refractivity contribution in [2.75, 3.05) is 7.11 Å². The van der Waals surface area contributed by atoms with Crippen LogP contribution >= 0.6 is 0 Å². The first-order valence-corrected chi connectivity index (χ1v) is 9.90. The molecule has 2 aliphatic rings. The molecule has 1 saturated heterocycles. The van der Waals surface area contributed by atoms with Crippen molar-refractivity contribution in [3.05, 3.63) is 18.2 Å². The van der Waals surface area contributed by atoms with E-state index in [1.54, 1.807) is 18.2 Å². The molecule has 0 radical (unpaired) electrons. The molecule has 0 aromatic heterocycles. The fourth-order valence-corrected chi connectivity index (χ4v) is 4.77. The Kier molecular flexibility index (Phi) is 4.26. The Morgan fingerprint density at radius 1 is 1.12 bits per heavy atom. The van der Waals surface area contributed by atoms with E-state index in [9.17, 15) is 8.42 Å². The molecule has 0 bridgehead atoms. The van der Waals surface area contributed by atoms with Gasteiger partial charge in [-0.1, -0.05) is 12.5 Å². The minimum absolute atomic E-state index is 0.259. The summed E-state index contributed by atoms with van der Waals surface area (Å²) in [4.78, 5) is 0.310. The van der Waals surface area contributed by atoms with Crippen molar-refractivity contribution in [3.63, 3.8) is 0 Å². The minimum atomic E-state index is -3.28. The Bertz CT molecular complexity index is 721. The Morgan fingerprint density at radius 3 is 2.17 bits per heavy atom. The van der Waals surface area contributed by atoms with Crippen LogP contribution in [0.1, 0.15) is 47.0 Å². The van der Waals surface area contributed by atoms with E-state index in [4.69, 9.17) is 14.0 Å². The maximum Gasteiger partial charge on any atom is 0.498 e. The van der Waals surface area contributed by atoms with Gasteiger partial charge in [0.15, 0.2) is 9.84 Å². The number of rotatable bonds is 4. The first-order valence-electron chi connectivity index (χ1n) is 8.36. The molecule has 5 nitrogen and oxygen atoms in total. The number of benzene rings is 1. The van der Waals surface area contributed by atoms with Gasteiger partial charge >= 0.3 is 7.12 Å². The lowest BCUT2D eigenvalue weighted by Crippen LogP contribution is -2.41. The van der Waals surface area contributed by atoms with Crippen LogP contribution in [-0.2, 0) is 19.1 Å². The minimum Gasteiger partial charge on any atom is -0.497 e.